The second kappa shape index (κ2) is 7.92. The second-order valence-corrected chi connectivity index (χ2v) is 4.01. The van der Waals surface area contributed by atoms with Crippen LogP contribution in [0.15, 0.2) is 17.0 Å². The van der Waals surface area contributed by atoms with Gasteiger partial charge in [-0.2, -0.15) is 8.42 Å². The molecule has 0 spiro atoms. The molecule has 0 atom stereocenters. The summed E-state index contributed by atoms with van der Waals surface area (Å²) in [7, 11) is -4.64. The number of aromatic carboxylic acids is 1. The topological polar surface area (TPSA) is 144 Å². The zero-order valence-electron chi connectivity index (χ0n) is 9.13. The predicted molar refractivity (Wildman–Crippen MR) is 44.4 cm³/mol. The van der Waals surface area contributed by atoms with E-state index in [-0.39, 0.29) is 103 Å². The van der Waals surface area contributed by atoms with Gasteiger partial charge in [-0.25, -0.2) is 0 Å². The fourth-order valence-corrected chi connectivity index (χ4v) is 1.58. The minimum atomic E-state index is -4.64. The first-order chi connectivity index (χ1) is 6.75. The maximum atomic E-state index is 11.2. The molecule has 1 aromatic rings. The van der Waals surface area contributed by atoms with Gasteiger partial charge in [0.2, 0.25) is 0 Å². The van der Waals surface area contributed by atoms with E-state index in [1.165, 1.54) is 0 Å². The minimum Gasteiger partial charge on any atom is -0.871 e. The number of carbonyl (C=O) groups excluding carboxylic acids is 1. The van der Waals surface area contributed by atoms with Gasteiger partial charge in [-0.05, 0) is 11.6 Å². The number of anilines is 1. The van der Waals surface area contributed by atoms with E-state index in [2.05, 4.69) is 0 Å². The van der Waals surface area contributed by atoms with Crippen molar-refractivity contribution in [2.45, 2.75) is 4.90 Å². The van der Waals surface area contributed by atoms with Crippen molar-refractivity contribution in [2.75, 3.05) is 5.73 Å². The number of carboxylic acid groups (broad SMARTS) is 1. The largest absolute Gasteiger partial charge is 1.00 e. The van der Waals surface area contributed by atoms with Crippen molar-refractivity contribution >= 4 is 21.8 Å². The molecular formula is C7H5K2NO6S. The van der Waals surface area contributed by atoms with Crippen molar-refractivity contribution in [1.29, 1.82) is 0 Å². The molecule has 0 bridgehead atoms. The zero-order valence-corrected chi connectivity index (χ0v) is 16.2. The van der Waals surface area contributed by atoms with Gasteiger partial charge in [0.05, 0.1) is 5.97 Å². The number of hydrogen-bond donors (Lipinski definition) is 2. The van der Waals surface area contributed by atoms with Gasteiger partial charge in [0, 0.05) is 5.69 Å². The Bertz CT molecular complexity index is 529. The van der Waals surface area contributed by atoms with E-state index < -0.39 is 38.0 Å². The second-order valence-electron chi connectivity index (χ2n) is 2.62. The Balaban J connectivity index is 0. The maximum absolute atomic E-state index is 11.2. The van der Waals surface area contributed by atoms with Crippen molar-refractivity contribution in [3.05, 3.63) is 17.7 Å². The number of carbonyl (C=O) groups is 1. The fourth-order valence-electron chi connectivity index (χ4n) is 0.967. The Morgan fingerprint density at radius 3 is 2.12 bits per heavy atom. The standard InChI is InChI=1S/C7H7NO6S.2K/c8-5-4(15(12,13)14)2-1-3(6(5)9)7(10)11;;/h1-2,9H,8H2,(H,10,11)(H,12,13,14);;/q;2*+1/p-2. The molecule has 10 heteroatoms. The van der Waals surface area contributed by atoms with Gasteiger partial charge in [0.25, 0.3) is 10.1 Å². The summed E-state index contributed by atoms with van der Waals surface area (Å²) in [5.41, 5.74) is 3.45. The van der Waals surface area contributed by atoms with Gasteiger partial charge in [0.1, 0.15) is 4.90 Å². The molecule has 0 unspecified atom stereocenters. The van der Waals surface area contributed by atoms with Gasteiger partial charge in [-0.3, -0.25) is 4.55 Å². The number of rotatable bonds is 2. The van der Waals surface area contributed by atoms with Crippen LogP contribution >= 0.6 is 0 Å². The molecule has 0 fully saturated rings. The van der Waals surface area contributed by atoms with Crippen LogP contribution in [0.25, 0.3) is 0 Å². The van der Waals surface area contributed by atoms with Crippen molar-refractivity contribution in [2.24, 2.45) is 0 Å². The van der Waals surface area contributed by atoms with Crippen LogP contribution < -0.4 is 119 Å². The number of carboxylic acids is 1. The van der Waals surface area contributed by atoms with Crippen LogP contribution in [-0.4, -0.2) is 18.9 Å². The van der Waals surface area contributed by atoms with Gasteiger partial charge in [-0.1, -0.05) is 11.8 Å². The summed E-state index contributed by atoms with van der Waals surface area (Å²) in [4.78, 5) is 9.53. The molecule has 0 amide bonds. The van der Waals surface area contributed by atoms with E-state index >= 15 is 0 Å². The van der Waals surface area contributed by atoms with E-state index in [9.17, 15) is 23.4 Å². The monoisotopic (exact) mass is 309 g/mol. The number of nitrogen functional groups attached to an aromatic ring is 1. The van der Waals surface area contributed by atoms with Crippen LogP contribution in [-0.2, 0) is 10.1 Å². The SMILES string of the molecule is Nc1c(S(=O)(=O)O)ccc(C(=O)[O-])c1[O-].[K+].[K+]. The van der Waals surface area contributed by atoms with E-state index in [0.29, 0.717) is 6.07 Å². The Morgan fingerprint density at radius 1 is 1.29 bits per heavy atom. The molecule has 0 heterocycles. The molecule has 0 aromatic heterocycles. The smallest absolute Gasteiger partial charge is 0.871 e. The van der Waals surface area contributed by atoms with Gasteiger partial charge in [0.15, 0.2) is 0 Å². The molecule has 3 N–H and O–H groups in total. The third-order valence-corrected chi connectivity index (χ3v) is 2.57. The minimum absolute atomic E-state index is 0. The maximum Gasteiger partial charge on any atom is 1.00 e. The normalized spacial score (nSPS) is 9.94. The number of benzene rings is 1. The zero-order chi connectivity index (χ0) is 11.8. The van der Waals surface area contributed by atoms with Crippen LogP contribution in [0.2, 0.25) is 0 Å². The van der Waals surface area contributed by atoms with Crippen LogP contribution in [0.3, 0.4) is 0 Å². The molecule has 17 heavy (non-hydrogen) atoms. The van der Waals surface area contributed by atoms with Gasteiger partial charge < -0.3 is 20.7 Å². The van der Waals surface area contributed by atoms with Crippen molar-refractivity contribution in [3.63, 3.8) is 0 Å². The first kappa shape index (κ1) is 20.8. The quantitative estimate of drug-likeness (QED) is 0.313. The average molecular weight is 309 g/mol. The Morgan fingerprint density at radius 2 is 1.76 bits per heavy atom. The summed E-state index contributed by atoms with van der Waals surface area (Å²) >= 11 is 0. The summed E-state index contributed by atoms with van der Waals surface area (Å²) in [6, 6.07) is 1.42. The number of nitrogens with two attached hydrogens (primary N) is 1. The first-order valence-electron chi connectivity index (χ1n) is 3.53. The van der Waals surface area contributed by atoms with E-state index in [1.54, 1.807) is 0 Å². The summed E-state index contributed by atoms with van der Waals surface area (Å²) in [5, 5.41) is 21.5. The van der Waals surface area contributed by atoms with Crippen LogP contribution in [0.1, 0.15) is 10.4 Å². The Hall–Kier alpha value is 1.47. The van der Waals surface area contributed by atoms with Crippen LogP contribution in [0, 0.1) is 0 Å². The molecule has 0 aliphatic carbocycles. The molecule has 0 saturated carbocycles. The molecule has 1 aromatic carbocycles. The summed E-state index contributed by atoms with van der Waals surface area (Å²) in [6.45, 7) is 0. The summed E-state index contributed by atoms with van der Waals surface area (Å²) in [5.74, 6) is -2.97. The molecule has 0 aliphatic rings. The average Bonchev–Trinajstić information content (AvgIpc) is 2.06. The van der Waals surface area contributed by atoms with Gasteiger partial charge >= 0.3 is 103 Å². The summed E-state index contributed by atoms with van der Waals surface area (Å²) < 4.78 is 29.9. The Kier molecular flexibility index (Phi) is 9.68. The van der Waals surface area contributed by atoms with E-state index in [1.807, 2.05) is 0 Å². The third-order valence-electron chi connectivity index (χ3n) is 1.65. The molecule has 0 saturated heterocycles. The predicted octanol–water partition coefficient (Wildman–Crippen LogP) is -8.04. The van der Waals surface area contributed by atoms with Crippen molar-refractivity contribution in [1.82, 2.24) is 0 Å². The molecule has 7 nitrogen and oxygen atoms in total. The van der Waals surface area contributed by atoms with Crippen molar-refractivity contribution in [3.8, 4) is 5.75 Å². The third kappa shape index (κ3) is 5.16. The fraction of sp³-hybridized carbons (Fsp3) is 0. The van der Waals surface area contributed by atoms with Crippen LogP contribution in [0.5, 0.6) is 5.75 Å². The summed E-state index contributed by atoms with van der Waals surface area (Å²) in [6.07, 6.45) is 0. The van der Waals surface area contributed by atoms with Gasteiger partial charge in [-0.15, -0.1) is 0 Å². The molecular weight excluding hydrogens is 304 g/mol. The van der Waals surface area contributed by atoms with Crippen molar-refractivity contribution < 1.29 is 131 Å². The van der Waals surface area contributed by atoms with E-state index in [4.69, 9.17) is 10.3 Å². The molecule has 0 aliphatic heterocycles. The Labute approximate surface area is 182 Å². The van der Waals surface area contributed by atoms with E-state index in [0.717, 1.165) is 6.07 Å². The molecule has 82 valence electrons. The molecule has 1 rings (SSSR count). The first-order valence-corrected chi connectivity index (χ1v) is 4.97. The van der Waals surface area contributed by atoms with Crippen LogP contribution in [0.4, 0.5) is 5.69 Å². The number of hydrogen-bond acceptors (Lipinski definition) is 6. The molecule has 0 radical (unpaired) electrons.